The predicted octanol–water partition coefficient (Wildman–Crippen LogP) is 5.75. The van der Waals surface area contributed by atoms with Crippen LogP contribution in [0.2, 0.25) is 0 Å². The molecule has 0 radical (unpaired) electrons. The molecule has 0 aromatic rings. The molecule has 140 valence electrons. The zero-order chi connectivity index (χ0) is 17.9. The number of amides is 1. The molecule has 5 atom stereocenters. The topological polar surface area (TPSA) is 20.3 Å². The van der Waals surface area contributed by atoms with Gasteiger partial charge in [0, 0.05) is 16.5 Å². The van der Waals surface area contributed by atoms with Crippen LogP contribution in [0.3, 0.4) is 0 Å². The second-order valence-corrected chi connectivity index (χ2v) is 12.6. The SMILES string of the molecule is C[C@]1(I)CC=C2C(CCC3[C@](C)(C(=O)N4CCCC4)CCC[C@@]23C)C1. The average Bonchev–Trinajstić information content (AvgIpc) is 3.07. The Kier molecular flexibility index (Phi) is 4.57. The van der Waals surface area contributed by atoms with E-state index in [4.69, 9.17) is 0 Å². The van der Waals surface area contributed by atoms with Crippen molar-refractivity contribution < 1.29 is 4.79 Å². The number of carbonyl (C=O) groups is 1. The fourth-order valence-corrected chi connectivity index (χ4v) is 7.67. The molecule has 3 heteroatoms. The van der Waals surface area contributed by atoms with Gasteiger partial charge in [-0.3, -0.25) is 4.79 Å². The van der Waals surface area contributed by atoms with Crippen LogP contribution >= 0.6 is 22.6 Å². The first-order valence-electron chi connectivity index (χ1n) is 10.5. The quantitative estimate of drug-likeness (QED) is 0.280. The molecule has 3 fully saturated rings. The second kappa shape index (κ2) is 6.24. The first kappa shape index (κ1) is 18.3. The molecule has 25 heavy (non-hydrogen) atoms. The normalized spacial score (nSPS) is 47.0. The van der Waals surface area contributed by atoms with Gasteiger partial charge in [-0.25, -0.2) is 0 Å². The Labute approximate surface area is 167 Å². The standard InChI is InChI=1S/C22H34INO/c1-20(23)12-9-17-16(15-20)7-8-18-21(17,2)10-6-11-22(18,3)19(25)24-13-4-5-14-24/h9,16,18H,4-8,10-15H2,1-3H3/t16?,18?,20-,21-,22+/m0/s1. The lowest BCUT2D eigenvalue weighted by Gasteiger charge is -2.59. The minimum absolute atomic E-state index is 0.131. The number of alkyl halides is 1. The van der Waals surface area contributed by atoms with Crippen LogP contribution in [0.25, 0.3) is 0 Å². The molecule has 2 unspecified atom stereocenters. The molecule has 0 bridgehead atoms. The molecule has 0 aromatic heterocycles. The summed E-state index contributed by atoms with van der Waals surface area (Å²) in [5.74, 6) is 1.79. The van der Waals surface area contributed by atoms with E-state index in [0.717, 1.165) is 25.4 Å². The average molecular weight is 455 g/mol. The zero-order valence-electron chi connectivity index (χ0n) is 16.2. The highest BCUT2D eigenvalue weighted by molar-refractivity contribution is 14.1. The first-order chi connectivity index (χ1) is 11.8. The van der Waals surface area contributed by atoms with E-state index in [2.05, 4.69) is 54.3 Å². The Morgan fingerprint density at radius 1 is 1.12 bits per heavy atom. The highest BCUT2D eigenvalue weighted by Gasteiger charge is 2.58. The lowest BCUT2D eigenvalue weighted by molar-refractivity contribution is -0.152. The zero-order valence-corrected chi connectivity index (χ0v) is 18.4. The molecule has 1 amide bonds. The van der Waals surface area contributed by atoms with Crippen LogP contribution in [0.1, 0.15) is 78.6 Å². The molecule has 4 rings (SSSR count). The van der Waals surface area contributed by atoms with Crippen molar-refractivity contribution in [3.63, 3.8) is 0 Å². The highest BCUT2D eigenvalue weighted by Crippen LogP contribution is 2.63. The van der Waals surface area contributed by atoms with Crippen molar-refractivity contribution in [1.29, 1.82) is 0 Å². The maximum Gasteiger partial charge on any atom is 0.228 e. The van der Waals surface area contributed by atoms with Crippen LogP contribution in [0.15, 0.2) is 11.6 Å². The summed E-state index contributed by atoms with van der Waals surface area (Å²) >= 11 is 2.67. The van der Waals surface area contributed by atoms with Crippen LogP contribution in [-0.4, -0.2) is 27.3 Å². The Balaban J connectivity index is 1.66. The Bertz CT molecular complexity index is 591. The Morgan fingerprint density at radius 2 is 1.84 bits per heavy atom. The summed E-state index contributed by atoms with van der Waals surface area (Å²) in [6.07, 6.45) is 13.7. The van der Waals surface area contributed by atoms with Crippen molar-refractivity contribution in [2.24, 2.45) is 22.7 Å². The number of nitrogens with zero attached hydrogens (tertiary/aromatic N) is 1. The molecule has 3 aliphatic carbocycles. The molecule has 2 nitrogen and oxygen atoms in total. The molecular formula is C22H34INO. The van der Waals surface area contributed by atoms with E-state index in [1.165, 1.54) is 51.4 Å². The van der Waals surface area contributed by atoms with Gasteiger partial charge < -0.3 is 4.90 Å². The number of allylic oxidation sites excluding steroid dienone is 2. The third kappa shape index (κ3) is 2.91. The third-order valence-corrected chi connectivity index (χ3v) is 9.02. The minimum Gasteiger partial charge on any atom is -0.342 e. The summed E-state index contributed by atoms with van der Waals surface area (Å²) < 4.78 is 0.429. The maximum absolute atomic E-state index is 13.5. The van der Waals surface area contributed by atoms with Crippen molar-refractivity contribution in [2.45, 2.75) is 82.0 Å². The Morgan fingerprint density at radius 3 is 2.56 bits per heavy atom. The summed E-state index contributed by atoms with van der Waals surface area (Å²) in [6.45, 7) is 9.24. The predicted molar refractivity (Wildman–Crippen MR) is 112 cm³/mol. The van der Waals surface area contributed by atoms with E-state index in [1.807, 2.05) is 0 Å². The van der Waals surface area contributed by atoms with Crippen molar-refractivity contribution >= 4 is 28.5 Å². The second-order valence-electron chi connectivity index (χ2n) is 10.00. The van der Waals surface area contributed by atoms with Gasteiger partial charge in [0.05, 0.1) is 5.41 Å². The minimum atomic E-state index is -0.131. The van der Waals surface area contributed by atoms with Crippen LogP contribution in [-0.2, 0) is 4.79 Å². The molecule has 1 saturated heterocycles. The Hall–Kier alpha value is -0.0600. The van der Waals surface area contributed by atoms with Crippen molar-refractivity contribution in [1.82, 2.24) is 4.90 Å². The largest absolute Gasteiger partial charge is 0.342 e. The van der Waals surface area contributed by atoms with Gasteiger partial charge >= 0.3 is 0 Å². The number of fused-ring (bicyclic) bond motifs is 3. The van der Waals surface area contributed by atoms with Gasteiger partial charge in [-0.05, 0) is 68.6 Å². The third-order valence-electron chi connectivity index (χ3n) is 8.13. The monoisotopic (exact) mass is 455 g/mol. The van der Waals surface area contributed by atoms with E-state index >= 15 is 0 Å². The molecule has 0 spiro atoms. The van der Waals surface area contributed by atoms with E-state index in [1.54, 1.807) is 5.57 Å². The molecule has 4 aliphatic rings. The van der Waals surface area contributed by atoms with Crippen molar-refractivity contribution in [3.05, 3.63) is 11.6 Å². The summed E-state index contributed by atoms with van der Waals surface area (Å²) in [5, 5.41) is 0. The van der Waals surface area contributed by atoms with E-state index in [0.29, 0.717) is 15.2 Å². The molecule has 1 heterocycles. The van der Waals surface area contributed by atoms with Gasteiger partial charge in [-0.1, -0.05) is 61.4 Å². The number of hydrogen-bond donors (Lipinski definition) is 0. The molecule has 2 saturated carbocycles. The highest BCUT2D eigenvalue weighted by atomic mass is 127. The number of halogens is 1. The summed E-state index contributed by atoms with van der Waals surface area (Å²) in [5.41, 5.74) is 1.87. The van der Waals surface area contributed by atoms with E-state index < -0.39 is 0 Å². The lowest BCUT2D eigenvalue weighted by atomic mass is 9.46. The number of hydrogen-bond acceptors (Lipinski definition) is 1. The van der Waals surface area contributed by atoms with Crippen molar-refractivity contribution in [2.75, 3.05) is 13.1 Å². The fraction of sp³-hybridized carbons (Fsp3) is 0.864. The van der Waals surface area contributed by atoms with Crippen LogP contribution in [0, 0.1) is 22.7 Å². The summed E-state index contributed by atoms with van der Waals surface area (Å²) in [4.78, 5) is 15.7. The number of likely N-dealkylation sites (tertiary alicyclic amines) is 1. The first-order valence-corrected chi connectivity index (χ1v) is 11.5. The summed E-state index contributed by atoms with van der Waals surface area (Å²) in [7, 11) is 0. The molecule has 0 N–H and O–H groups in total. The van der Waals surface area contributed by atoms with E-state index in [-0.39, 0.29) is 10.8 Å². The summed E-state index contributed by atoms with van der Waals surface area (Å²) in [6, 6.07) is 0. The van der Waals surface area contributed by atoms with Gasteiger partial charge in [-0.2, -0.15) is 0 Å². The van der Waals surface area contributed by atoms with Gasteiger partial charge in [0.1, 0.15) is 0 Å². The number of rotatable bonds is 1. The van der Waals surface area contributed by atoms with Crippen LogP contribution in [0.4, 0.5) is 0 Å². The smallest absolute Gasteiger partial charge is 0.228 e. The molecular weight excluding hydrogens is 421 g/mol. The van der Waals surface area contributed by atoms with Crippen LogP contribution < -0.4 is 0 Å². The van der Waals surface area contributed by atoms with Gasteiger partial charge in [0.2, 0.25) is 5.91 Å². The number of carbonyl (C=O) groups excluding carboxylic acids is 1. The molecule has 1 aliphatic heterocycles. The fourth-order valence-electron chi connectivity index (χ4n) is 6.92. The lowest BCUT2D eigenvalue weighted by Crippen LogP contribution is -2.56. The maximum atomic E-state index is 13.5. The van der Waals surface area contributed by atoms with E-state index in [9.17, 15) is 4.79 Å². The van der Waals surface area contributed by atoms with Crippen LogP contribution in [0.5, 0.6) is 0 Å². The van der Waals surface area contributed by atoms with Gasteiger partial charge in [0.25, 0.3) is 0 Å². The molecule has 0 aromatic carbocycles. The van der Waals surface area contributed by atoms with Crippen molar-refractivity contribution in [3.8, 4) is 0 Å². The van der Waals surface area contributed by atoms with Gasteiger partial charge in [-0.15, -0.1) is 0 Å². The van der Waals surface area contributed by atoms with Gasteiger partial charge in [0.15, 0.2) is 0 Å².